The molecule has 1 aliphatic rings. The molecular formula is C21H25N3O5S. The van der Waals surface area contributed by atoms with Crippen LogP contribution in [0.25, 0.3) is 0 Å². The van der Waals surface area contributed by atoms with Crippen molar-refractivity contribution in [3.63, 3.8) is 0 Å². The van der Waals surface area contributed by atoms with Crippen LogP contribution < -0.4 is 5.32 Å². The number of piperidine rings is 1. The molecule has 0 unspecified atom stereocenters. The van der Waals surface area contributed by atoms with Gasteiger partial charge in [-0.25, -0.2) is 14.6 Å². The molecule has 1 fully saturated rings. The number of esters is 2. The molecule has 8 nitrogen and oxygen atoms in total. The van der Waals surface area contributed by atoms with Crippen molar-refractivity contribution < 1.29 is 23.9 Å². The van der Waals surface area contributed by atoms with Crippen molar-refractivity contribution in [1.82, 2.24) is 9.88 Å². The van der Waals surface area contributed by atoms with Gasteiger partial charge in [0.05, 0.1) is 36.0 Å². The van der Waals surface area contributed by atoms with Crippen LogP contribution in [0.4, 0.5) is 5.69 Å². The first-order valence-electron chi connectivity index (χ1n) is 9.65. The van der Waals surface area contributed by atoms with Gasteiger partial charge in [0.15, 0.2) is 0 Å². The summed E-state index contributed by atoms with van der Waals surface area (Å²) in [6.45, 7) is 4.41. The highest BCUT2D eigenvalue weighted by atomic mass is 32.1. The summed E-state index contributed by atoms with van der Waals surface area (Å²) in [6, 6.07) is 4.37. The summed E-state index contributed by atoms with van der Waals surface area (Å²) in [6.07, 6.45) is 1.46. The fourth-order valence-corrected chi connectivity index (χ4v) is 4.08. The summed E-state index contributed by atoms with van der Waals surface area (Å²) in [4.78, 5) is 43.4. The number of likely N-dealkylation sites (tertiary alicyclic amines) is 1. The van der Waals surface area contributed by atoms with Crippen LogP contribution in [-0.4, -0.2) is 55.0 Å². The first-order chi connectivity index (χ1) is 14.4. The predicted octanol–water partition coefficient (Wildman–Crippen LogP) is 2.88. The number of hydrogen-bond acceptors (Lipinski definition) is 8. The third-order valence-electron chi connectivity index (χ3n) is 5.05. The highest BCUT2D eigenvalue weighted by molar-refractivity contribution is 7.09. The van der Waals surface area contributed by atoms with Crippen molar-refractivity contribution in [3.05, 3.63) is 45.4 Å². The molecule has 0 saturated carbocycles. The molecule has 0 aliphatic carbocycles. The molecule has 1 aromatic carbocycles. The SMILES string of the molecule is COC(=O)c1cc(NC(=O)C2CCN(Cc3csc(C)n3)CC2)cc(C(=O)OC)c1. The number of carbonyl (C=O) groups is 3. The zero-order valence-corrected chi connectivity index (χ0v) is 18.1. The second-order valence-electron chi connectivity index (χ2n) is 7.18. The van der Waals surface area contributed by atoms with Gasteiger partial charge in [-0.1, -0.05) is 0 Å². The number of hydrogen-bond donors (Lipinski definition) is 1. The third-order valence-corrected chi connectivity index (χ3v) is 5.88. The summed E-state index contributed by atoms with van der Waals surface area (Å²) in [5, 5.41) is 5.96. The minimum absolute atomic E-state index is 0.128. The monoisotopic (exact) mass is 431 g/mol. The van der Waals surface area contributed by atoms with Gasteiger partial charge in [0, 0.05) is 23.5 Å². The van der Waals surface area contributed by atoms with Gasteiger partial charge in [-0.2, -0.15) is 0 Å². The predicted molar refractivity (Wildman–Crippen MR) is 113 cm³/mol. The maximum absolute atomic E-state index is 12.8. The van der Waals surface area contributed by atoms with Gasteiger partial charge in [0.25, 0.3) is 0 Å². The molecule has 2 heterocycles. The number of nitrogens with one attached hydrogen (secondary N) is 1. The Bertz CT molecular complexity index is 900. The van der Waals surface area contributed by atoms with E-state index in [1.165, 1.54) is 32.4 Å². The molecule has 30 heavy (non-hydrogen) atoms. The maximum Gasteiger partial charge on any atom is 0.337 e. The topological polar surface area (TPSA) is 97.8 Å². The smallest absolute Gasteiger partial charge is 0.337 e. The molecule has 1 aliphatic heterocycles. The van der Waals surface area contributed by atoms with Crippen LogP contribution >= 0.6 is 11.3 Å². The average Bonchev–Trinajstić information content (AvgIpc) is 3.17. The standard InChI is InChI=1S/C21H25N3O5S/c1-13-22-18(12-30-13)11-24-6-4-14(5-7-24)19(25)23-17-9-15(20(26)28-2)8-16(10-17)21(27)29-3/h8-10,12,14H,4-7,11H2,1-3H3,(H,23,25). The number of thiazole rings is 1. The minimum Gasteiger partial charge on any atom is -0.465 e. The number of benzene rings is 1. The van der Waals surface area contributed by atoms with Gasteiger partial charge in [-0.05, 0) is 51.1 Å². The first-order valence-corrected chi connectivity index (χ1v) is 10.5. The van der Waals surface area contributed by atoms with Crippen molar-refractivity contribution in [1.29, 1.82) is 0 Å². The van der Waals surface area contributed by atoms with Crippen molar-refractivity contribution in [2.45, 2.75) is 26.3 Å². The van der Waals surface area contributed by atoms with E-state index in [1.54, 1.807) is 11.3 Å². The molecule has 0 radical (unpaired) electrons. The van der Waals surface area contributed by atoms with Crippen LogP contribution in [0.15, 0.2) is 23.6 Å². The minimum atomic E-state index is -0.596. The molecule has 0 bridgehead atoms. The largest absolute Gasteiger partial charge is 0.465 e. The van der Waals surface area contributed by atoms with Gasteiger partial charge in [0.1, 0.15) is 0 Å². The van der Waals surface area contributed by atoms with Gasteiger partial charge < -0.3 is 14.8 Å². The lowest BCUT2D eigenvalue weighted by Crippen LogP contribution is -2.37. The molecule has 0 atom stereocenters. The van der Waals surface area contributed by atoms with E-state index in [9.17, 15) is 14.4 Å². The van der Waals surface area contributed by atoms with Crippen LogP contribution in [0.3, 0.4) is 0 Å². The number of aryl methyl sites for hydroxylation is 1. The van der Waals surface area contributed by atoms with Crippen LogP contribution in [0.1, 0.15) is 44.3 Å². The molecule has 160 valence electrons. The van der Waals surface area contributed by atoms with Crippen molar-refractivity contribution in [2.75, 3.05) is 32.6 Å². The fraction of sp³-hybridized carbons (Fsp3) is 0.429. The number of carbonyl (C=O) groups excluding carboxylic acids is 3. The molecule has 1 amide bonds. The lowest BCUT2D eigenvalue weighted by atomic mass is 9.95. The zero-order valence-electron chi connectivity index (χ0n) is 17.3. The van der Waals surface area contributed by atoms with Gasteiger partial charge in [-0.15, -0.1) is 11.3 Å². The molecule has 1 saturated heterocycles. The molecular weight excluding hydrogens is 406 g/mol. The van der Waals surface area contributed by atoms with Crippen LogP contribution in [0, 0.1) is 12.8 Å². The average molecular weight is 432 g/mol. The Morgan fingerprint density at radius 1 is 1.10 bits per heavy atom. The fourth-order valence-electron chi connectivity index (χ4n) is 3.48. The number of aromatic nitrogens is 1. The Morgan fingerprint density at radius 3 is 2.20 bits per heavy atom. The molecule has 1 N–H and O–H groups in total. The van der Waals surface area contributed by atoms with E-state index in [1.807, 2.05) is 6.92 Å². The Morgan fingerprint density at radius 2 is 1.70 bits per heavy atom. The Hall–Kier alpha value is -2.78. The molecule has 2 aromatic rings. The van der Waals surface area contributed by atoms with Gasteiger partial charge >= 0.3 is 11.9 Å². The van der Waals surface area contributed by atoms with Crippen LogP contribution in [0.2, 0.25) is 0 Å². The lowest BCUT2D eigenvalue weighted by molar-refractivity contribution is -0.121. The van der Waals surface area contributed by atoms with Gasteiger partial charge in [-0.3, -0.25) is 9.69 Å². The van der Waals surface area contributed by atoms with E-state index >= 15 is 0 Å². The van der Waals surface area contributed by atoms with E-state index in [2.05, 4.69) is 20.6 Å². The van der Waals surface area contributed by atoms with Crippen LogP contribution in [-0.2, 0) is 20.8 Å². The summed E-state index contributed by atoms with van der Waals surface area (Å²) in [5.41, 5.74) is 1.77. The highest BCUT2D eigenvalue weighted by Gasteiger charge is 2.26. The Labute approximate surface area is 179 Å². The number of rotatable bonds is 6. The molecule has 9 heteroatoms. The van der Waals surface area contributed by atoms with Crippen molar-refractivity contribution in [3.8, 4) is 0 Å². The summed E-state index contributed by atoms with van der Waals surface area (Å²) in [5.74, 6) is -1.46. The summed E-state index contributed by atoms with van der Waals surface area (Å²) in [7, 11) is 2.51. The number of amides is 1. The molecule has 3 rings (SSSR count). The maximum atomic E-state index is 12.8. The quantitative estimate of drug-likeness (QED) is 0.702. The van der Waals surface area contributed by atoms with Gasteiger partial charge in [0.2, 0.25) is 5.91 Å². The Kier molecular flexibility index (Phi) is 7.17. The third kappa shape index (κ3) is 5.43. The number of anilines is 1. The summed E-state index contributed by atoms with van der Waals surface area (Å²) < 4.78 is 9.46. The second-order valence-corrected chi connectivity index (χ2v) is 8.24. The van der Waals surface area contributed by atoms with E-state index in [0.29, 0.717) is 5.69 Å². The van der Waals surface area contributed by atoms with Crippen molar-refractivity contribution in [2.24, 2.45) is 5.92 Å². The zero-order chi connectivity index (χ0) is 21.7. The second kappa shape index (κ2) is 9.82. The number of nitrogens with zero attached hydrogens (tertiary/aromatic N) is 2. The first kappa shape index (κ1) is 21.9. The number of methoxy groups -OCH3 is 2. The normalized spacial score (nSPS) is 14.9. The van der Waals surface area contributed by atoms with E-state index in [4.69, 9.17) is 9.47 Å². The highest BCUT2D eigenvalue weighted by Crippen LogP contribution is 2.23. The number of ether oxygens (including phenoxy) is 2. The van der Waals surface area contributed by atoms with Crippen molar-refractivity contribution >= 4 is 34.9 Å². The van der Waals surface area contributed by atoms with E-state index in [-0.39, 0.29) is 23.0 Å². The molecule has 1 aromatic heterocycles. The molecule has 0 spiro atoms. The van der Waals surface area contributed by atoms with Crippen LogP contribution in [0.5, 0.6) is 0 Å². The Balaban J connectivity index is 1.62. The lowest BCUT2D eigenvalue weighted by Gasteiger charge is -2.30. The summed E-state index contributed by atoms with van der Waals surface area (Å²) >= 11 is 1.64. The van der Waals surface area contributed by atoms with E-state index in [0.717, 1.165) is 43.2 Å². The van der Waals surface area contributed by atoms with E-state index < -0.39 is 11.9 Å².